The summed E-state index contributed by atoms with van der Waals surface area (Å²) < 4.78 is 0. The lowest BCUT2D eigenvalue weighted by Crippen LogP contribution is -2.40. The molecule has 0 aromatic carbocycles. The van der Waals surface area contributed by atoms with Gasteiger partial charge >= 0.3 is 5.97 Å². The molecule has 0 bridgehead atoms. The molecule has 0 aromatic heterocycles. The highest BCUT2D eigenvalue weighted by molar-refractivity contribution is 5.81. The molecule has 0 saturated carbocycles. The topological polar surface area (TPSA) is 60.9 Å². The average Bonchev–Trinajstić information content (AvgIpc) is 2.76. The molecule has 0 aliphatic heterocycles. The van der Waals surface area contributed by atoms with E-state index in [1.807, 2.05) is 19.0 Å². The molecule has 1 atom stereocenters. The Morgan fingerprint density at radius 2 is 2.06 bits per heavy atom. The lowest BCUT2D eigenvalue weighted by Gasteiger charge is -2.23. The first-order chi connectivity index (χ1) is 8.49. The van der Waals surface area contributed by atoms with Crippen molar-refractivity contribution < 1.29 is 14.7 Å². The van der Waals surface area contributed by atoms with Gasteiger partial charge in [-0.2, -0.15) is 0 Å². The largest absolute Gasteiger partial charge is 0.480 e. The van der Waals surface area contributed by atoms with E-state index in [0.29, 0.717) is 19.5 Å². The fourth-order valence-electron chi connectivity index (χ4n) is 1.99. The van der Waals surface area contributed by atoms with Gasteiger partial charge < -0.3 is 14.9 Å². The van der Waals surface area contributed by atoms with E-state index in [-0.39, 0.29) is 18.4 Å². The molecule has 1 unspecified atom stereocenters. The van der Waals surface area contributed by atoms with Crippen LogP contribution in [0.5, 0.6) is 0 Å². The van der Waals surface area contributed by atoms with Crippen molar-refractivity contribution in [3.8, 4) is 0 Å². The second-order valence-corrected chi connectivity index (χ2v) is 4.98. The first-order valence-electron chi connectivity index (χ1n) is 6.30. The van der Waals surface area contributed by atoms with Crippen LogP contribution in [-0.4, -0.2) is 60.5 Å². The number of hydrogen-bond donors (Lipinski definition) is 1. The summed E-state index contributed by atoms with van der Waals surface area (Å²) in [5, 5.41) is 8.84. The van der Waals surface area contributed by atoms with Crippen molar-refractivity contribution in [2.24, 2.45) is 5.92 Å². The Hall–Kier alpha value is -1.36. The fraction of sp³-hybridized carbons (Fsp3) is 0.692. The first kappa shape index (κ1) is 14.7. The van der Waals surface area contributed by atoms with Crippen molar-refractivity contribution in [1.29, 1.82) is 0 Å². The zero-order chi connectivity index (χ0) is 13.5. The lowest BCUT2D eigenvalue weighted by molar-refractivity contribution is -0.144. The van der Waals surface area contributed by atoms with E-state index in [1.54, 1.807) is 0 Å². The maximum atomic E-state index is 12.1. The van der Waals surface area contributed by atoms with Crippen LogP contribution in [0.3, 0.4) is 0 Å². The van der Waals surface area contributed by atoms with E-state index in [1.165, 1.54) is 4.90 Å². The number of nitrogens with zero attached hydrogens (tertiary/aromatic N) is 2. The Morgan fingerprint density at radius 1 is 1.33 bits per heavy atom. The van der Waals surface area contributed by atoms with Gasteiger partial charge in [0.1, 0.15) is 6.54 Å². The number of carbonyl (C=O) groups is 2. The van der Waals surface area contributed by atoms with Crippen LogP contribution in [0, 0.1) is 5.92 Å². The molecular weight excluding hydrogens is 232 g/mol. The molecule has 0 aromatic rings. The molecule has 1 rings (SSSR count). The normalized spacial score (nSPS) is 18.3. The second-order valence-electron chi connectivity index (χ2n) is 4.98. The highest BCUT2D eigenvalue weighted by Gasteiger charge is 2.21. The zero-order valence-corrected chi connectivity index (χ0v) is 11.1. The number of carboxylic acid groups (broad SMARTS) is 1. The molecule has 0 saturated heterocycles. The Kier molecular flexibility index (Phi) is 5.85. The molecule has 5 heteroatoms. The van der Waals surface area contributed by atoms with Crippen molar-refractivity contribution in [3.05, 3.63) is 12.2 Å². The van der Waals surface area contributed by atoms with Gasteiger partial charge in [-0.25, -0.2) is 0 Å². The maximum absolute atomic E-state index is 12.1. The van der Waals surface area contributed by atoms with Crippen LogP contribution < -0.4 is 0 Å². The molecule has 1 aliphatic carbocycles. The van der Waals surface area contributed by atoms with Crippen molar-refractivity contribution in [3.63, 3.8) is 0 Å². The SMILES string of the molecule is CN(C)CCN(CC(=O)O)C(=O)CC1C=CCC1. The molecule has 0 radical (unpaired) electrons. The molecule has 18 heavy (non-hydrogen) atoms. The predicted molar refractivity (Wildman–Crippen MR) is 69.3 cm³/mol. The van der Waals surface area contributed by atoms with E-state index in [4.69, 9.17) is 5.11 Å². The van der Waals surface area contributed by atoms with E-state index >= 15 is 0 Å². The average molecular weight is 254 g/mol. The third-order valence-electron chi connectivity index (χ3n) is 3.05. The fourth-order valence-corrected chi connectivity index (χ4v) is 1.99. The number of carboxylic acids is 1. The van der Waals surface area contributed by atoms with Gasteiger partial charge in [0.2, 0.25) is 5.91 Å². The van der Waals surface area contributed by atoms with E-state index < -0.39 is 5.97 Å². The molecule has 1 aliphatic rings. The van der Waals surface area contributed by atoms with E-state index in [0.717, 1.165) is 12.8 Å². The number of amides is 1. The van der Waals surface area contributed by atoms with Gasteiger partial charge in [0.25, 0.3) is 0 Å². The molecule has 1 N–H and O–H groups in total. The summed E-state index contributed by atoms with van der Waals surface area (Å²) >= 11 is 0. The summed E-state index contributed by atoms with van der Waals surface area (Å²) in [6.07, 6.45) is 6.59. The van der Waals surface area contributed by atoms with Gasteiger partial charge in [-0.05, 0) is 32.9 Å². The number of aliphatic carboxylic acids is 1. The van der Waals surface area contributed by atoms with Crippen LogP contribution in [0.25, 0.3) is 0 Å². The molecule has 0 fully saturated rings. The molecule has 1 amide bonds. The summed E-state index contributed by atoms with van der Waals surface area (Å²) in [6.45, 7) is 0.942. The Morgan fingerprint density at radius 3 is 2.56 bits per heavy atom. The van der Waals surface area contributed by atoms with Crippen LogP contribution in [0.4, 0.5) is 0 Å². The summed E-state index contributed by atoms with van der Waals surface area (Å²) in [7, 11) is 3.81. The van der Waals surface area contributed by atoms with Crippen LogP contribution in [0.15, 0.2) is 12.2 Å². The summed E-state index contributed by atoms with van der Waals surface area (Å²) in [6, 6.07) is 0. The number of likely N-dealkylation sites (N-methyl/N-ethyl adjacent to an activating group) is 1. The van der Waals surface area contributed by atoms with Gasteiger partial charge in [0, 0.05) is 19.5 Å². The van der Waals surface area contributed by atoms with Gasteiger partial charge in [-0.15, -0.1) is 0 Å². The molecule has 102 valence electrons. The summed E-state index contributed by atoms with van der Waals surface area (Å²) in [5.41, 5.74) is 0. The van der Waals surface area contributed by atoms with Crippen molar-refractivity contribution in [2.45, 2.75) is 19.3 Å². The molecule has 0 heterocycles. The highest BCUT2D eigenvalue weighted by atomic mass is 16.4. The van der Waals surface area contributed by atoms with Gasteiger partial charge in [-0.3, -0.25) is 9.59 Å². The smallest absolute Gasteiger partial charge is 0.323 e. The molecule has 0 spiro atoms. The number of rotatable bonds is 7. The van der Waals surface area contributed by atoms with Gasteiger partial charge in [0.15, 0.2) is 0 Å². The first-order valence-corrected chi connectivity index (χ1v) is 6.30. The minimum absolute atomic E-state index is 0.0594. The zero-order valence-electron chi connectivity index (χ0n) is 11.1. The number of allylic oxidation sites excluding steroid dienone is 2. The molecular formula is C13H22N2O3. The minimum atomic E-state index is -0.955. The second kappa shape index (κ2) is 7.16. The maximum Gasteiger partial charge on any atom is 0.323 e. The van der Waals surface area contributed by atoms with E-state index in [2.05, 4.69) is 12.2 Å². The Labute approximate surface area is 108 Å². The molecule has 5 nitrogen and oxygen atoms in total. The van der Waals surface area contributed by atoms with Crippen molar-refractivity contribution >= 4 is 11.9 Å². The van der Waals surface area contributed by atoms with E-state index in [9.17, 15) is 9.59 Å². The summed E-state index contributed by atoms with van der Waals surface area (Å²) in [5.74, 6) is -0.729. The van der Waals surface area contributed by atoms with Crippen molar-refractivity contribution in [2.75, 3.05) is 33.7 Å². The Bertz CT molecular complexity index is 326. The third kappa shape index (κ3) is 5.31. The number of hydrogen-bond acceptors (Lipinski definition) is 3. The van der Waals surface area contributed by atoms with Crippen LogP contribution >= 0.6 is 0 Å². The predicted octanol–water partition coefficient (Wildman–Crippen LogP) is 0.818. The summed E-state index contributed by atoms with van der Waals surface area (Å²) in [4.78, 5) is 26.2. The lowest BCUT2D eigenvalue weighted by atomic mass is 10.0. The number of carbonyl (C=O) groups excluding carboxylic acids is 1. The third-order valence-corrected chi connectivity index (χ3v) is 3.05. The van der Waals surface area contributed by atoms with Crippen LogP contribution in [0.2, 0.25) is 0 Å². The quantitative estimate of drug-likeness (QED) is 0.683. The minimum Gasteiger partial charge on any atom is -0.480 e. The standard InChI is InChI=1S/C13H22N2O3/c1-14(2)7-8-15(10-13(17)18)12(16)9-11-5-3-4-6-11/h3,5,11H,4,6-10H2,1-2H3,(H,17,18). The Balaban J connectivity index is 2.48. The highest BCUT2D eigenvalue weighted by Crippen LogP contribution is 2.21. The van der Waals surface area contributed by atoms with Gasteiger partial charge in [0.05, 0.1) is 0 Å². The van der Waals surface area contributed by atoms with Crippen molar-refractivity contribution in [1.82, 2.24) is 9.80 Å². The van der Waals surface area contributed by atoms with Crippen LogP contribution in [0.1, 0.15) is 19.3 Å². The van der Waals surface area contributed by atoms with Crippen LogP contribution in [-0.2, 0) is 9.59 Å². The van der Waals surface area contributed by atoms with Gasteiger partial charge in [-0.1, -0.05) is 12.2 Å². The monoisotopic (exact) mass is 254 g/mol.